The molecule has 0 amide bonds. The first kappa shape index (κ1) is 21.9. The molecule has 0 radical (unpaired) electrons. The number of anilines is 3. The Morgan fingerprint density at radius 1 is 1.26 bits per heavy atom. The van der Waals surface area contributed by atoms with Crippen molar-refractivity contribution in [3.63, 3.8) is 0 Å². The van der Waals surface area contributed by atoms with Crippen LogP contribution in [0.5, 0.6) is 0 Å². The second-order valence-electron chi connectivity index (χ2n) is 8.09. The molecule has 5 rings (SSSR count). The van der Waals surface area contributed by atoms with Crippen LogP contribution < -0.4 is 21.5 Å². The Kier molecular flexibility index (Phi) is 5.45. The minimum absolute atomic E-state index is 0.220. The van der Waals surface area contributed by atoms with Crippen molar-refractivity contribution in [2.45, 2.75) is 25.6 Å². The van der Waals surface area contributed by atoms with Crippen molar-refractivity contribution >= 4 is 40.3 Å². The van der Waals surface area contributed by atoms with E-state index in [9.17, 15) is 9.18 Å². The van der Waals surface area contributed by atoms with Gasteiger partial charge in [-0.25, -0.2) is 9.37 Å². The molecule has 11 heteroatoms. The van der Waals surface area contributed by atoms with Crippen LogP contribution in [-0.2, 0) is 0 Å². The summed E-state index contributed by atoms with van der Waals surface area (Å²) in [5, 5.41) is 17.7. The number of aryl methyl sites for hydroxylation is 1. The van der Waals surface area contributed by atoms with Crippen molar-refractivity contribution in [3.8, 4) is 5.82 Å². The lowest BCUT2D eigenvalue weighted by molar-refractivity contribution is 0.459. The Hall–Kier alpha value is -3.92. The summed E-state index contributed by atoms with van der Waals surface area (Å²) >= 11 is 6.30. The highest BCUT2D eigenvalue weighted by atomic mass is 35.5. The molecule has 1 fully saturated rings. The van der Waals surface area contributed by atoms with Gasteiger partial charge in [0.05, 0.1) is 16.8 Å². The van der Waals surface area contributed by atoms with Gasteiger partial charge in [0.15, 0.2) is 5.82 Å². The number of pyridine rings is 1. The topological polar surface area (TPSA) is 101 Å². The average Bonchev–Trinajstić information content (AvgIpc) is 3.33. The lowest BCUT2D eigenvalue weighted by Crippen LogP contribution is -2.22. The molecule has 9 nitrogen and oxygen atoms in total. The summed E-state index contributed by atoms with van der Waals surface area (Å²) in [6.45, 7) is 5.86. The first-order chi connectivity index (χ1) is 16.3. The van der Waals surface area contributed by atoms with Gasteiger partial charge in [-0.15, -0.1) is 5.10 Å². The molecule has 1 saturated carbocycles. The predicted octanol–water partition coefficient (Wildman–Crippen LogP) is 3.69. The Balaban J connectivity index is 1.53. The fourth-order valence-electron chi connectivity index (χ4n) is 3.65. The van der Waals surface area contributed by atoms with Crippen LogP contribution in [0.3, 0.4) is 0 Å². The summed E-state index contributed by atoms with van der Waals surface area (Å²) in [5.41, 5.74) is 2.50. The van der Waals surface area contributed by atoms with Crippen LogP contribution in [-0.4, -0.2) is 43.4 Å². The van der Waals surface area contributed by atoms with Crippen LogP contribution in [0, 0.1) is 6.92 Å². The molecular weight excluding hydrogens is 459 g/mol. The first-order valence-electron chi connectivity index (χ1n) is 10.6. The quantitative estimate of drug-likeness (QED) is 0.371. The van der Waals surface area contributed by atoms with Gasteiger partial charge < -0.3 is 16.0 Å². The van der Waals surface area contributed by atoms with Crippen LogP contribution >= 0.6 is 11.6 Å². The van der Waals surface area contributed by atoms with Crippen molar-refractivity contribution in [2.24, 2.45) is 0 Å². The number of aromatic nitrogens is 5. The van der Waals surface area contributed by atoms with Crippen LogP contribution in [0.1, 0.15) is 17.7 Å². The highest BCUT2D eigenvalue weighted by Gasteiger charge is 2.37. The van der Waals surface area contributed by atoms with Crippen molar-refractivity contribution in [1.29, 1.82) is 0 Å². The number of rotatable bonds is 7. The third kappa shape index (κ3) is 4.08. The van der Waals surface area contributed by atoms with E-state index in [0.29, 0.717) is 34.4 Å². The largest absolute Gasteiger partial charge is 0.379 e. The molecular formula is C23H22ClFN8O. The second kappa shape index (κ2) is 8.45. The monoisotopic (exact) mass is 480 g/mol. The molecule has 0 saturated heterocycles. The number of hydrogen-bond acceptors (Lipinski definition) is 7. The molecule has 2 atom stereocenters. The van der Waals surface area contributed by atoms with Gasteiger partial charge in [-0.2, -0.15) is 5.10 Å². The Morgan fingerprint density at radius 3 is 2.74 bits per heavy atom. The van der Waals surface area contributed by atoms with E-state index >= 15 is 0 Å². The molecule has 1 aliphatic carbocycles. The molecule has 0 spiro atoms. The zero-order chi connectivity index (χ0) is 24.0. The predicted molar refractivity (Wildman–Crippen MR) is 131 cm³/mol. The lowest BCUT2D eigenvalue weighted by atomic mass is 10.2. The number of halogens is 2. The summed E-state index contributed by atoms with van der Waals surface area (Å²) < 4.78 is 16.5. The van der Waals surface area contributed by atoms with Crippen LogP contribution in [0.25, 0.3) is 17.2 Å². The van der Waals surface area contributed by atoms with Crippen molar-refractivity contribution in [2.75, 3.05) is 17.7 Å². The zero-order valence-corrected chi connectivity index (χ0v) is 19.3. The minimum Gasteiger partial charge on any atom is -0.379 e. The molecule has 4 heterocycles. The van der Waals surface area contributed by atoms with Gasteiger partial charge in [0, 0.05) is 43.2 Å². The third-order valence-corrected chi connectivity index (χ3v) is 5.76. The van der Waals surface area contributed by atoms with Crippen molar-refractivity contribution in [1.82, 2.24) is 29.5 Å². The van der Waals surface area contributed by atoms with E-state index in [-0.39, 0.29) is 17.3 Å². The van der Waals surface area contributed by atoms with E-state index in [1.54, 1.807) is 25.2 Å². The molecule has 0 unspecified atom stereocenters. The van der Waals surface area contributed by atoms with Gasteiger partial charge in [-0.05, 0) is 31.2 Å². The Morgan fingerprint density at radius 2 is 2.06 bits per heavy atom. The fourth-order valence-corrected chi connectivity index (χ4v) is 3.86. The summed E-state index contributed by atoms with van der Waals surface area (Å²) in [6, 6.07) is 8.39. The van der Waals surface area contributed by atoms with E-state index in [2.05, 4.69) is 37.7 Å². The van der Waals surface area contributed by atoms with Gasteiger partial charge in [0.1, 0.15) is 29.1 Å². The average molecular weight is 481 g/mol. The van der Waals surface area contributed by atoms with Gasteiger partial charge >= 0.3 is 0 Å². The fraction of sp³-hybridized carbons (Fsp3) is 0.217. The highest BCUT2D eigenvalue weighted by molar-refractivity contribution is 6.30. The zero-order valence-electron chi connectivity index (χ0n) is 18.5. The summed E-state index contributed by atoms with van der Waals surface area (Å²) in [6.07, 6.45) is 2.95. The second-order valence-corrected chi connectivity index (χ2v) is 8.52. The van der Waals surface area contributed by atoms with Gasteiger partial charge in [-0.3, -0.25) is 13.8 Å². The molecule has 1 aliphatic rings. The molecule has 4 aromatic rings. The van der Waals surface area contributed by atoms with Crippen LogP contribution in [0.2, 0.25) is 5.02 Å². The van der Waals surface area contributed by atoms with Gasteiger partial charge in [0.25, 0.3) is 5.56 Å². The third-order valence-electron chi connectivity index (χ3n) is 5.55. The standard InChI is InChI=1S/C23H22ClFN8O/c1-12-4-5-20(31-30-12)33-11-14(24)8-18(23(33)34)28-19-10-21(26-3)32-7-6-15(22(32)29-19)13(2)27-17-9-16(17)25/h4-8,10-11,16-17,26-27H,2,9H2,1,3H3,(H,28,29)/t16-,17+/m1/s1. The van der Waals surface area contributed by atoms with Crippen LogP contribution in [0.15, 0.2) is 54.1 Å². The molecule has 174 valence electrons. The lowest BCUT2D eigenvalue weighted by Gasteiger charge is -2.13. The van der Waals surface area contributed by atoms with E-state index in [1.807, 2.05) is 23.6 Å². The number of nitrogens with zero attached hydrogens (tertiary/aromatic N) is 5. The summed E-state index contributed by atoms with van der Waals surface area (Å²) in [7, 11) is 1.78. The SMILES string of the molecule is C=C(N[C@H]1C[C@H]1F)c1ccn2c(NC)cc(Nc3cc(Cl)cn(-c4ccc(C)nn4)c3=O)nc12. The van der Waals surface area contributed by atoms with E-state index in [4.69, 9.17) is 11.6 Å². The summed E-state index contributed by atoms with van der Waals surface area (Å²) in [5.74, 6) is 1.50. The Labute approximate surface area is 199 Å². The maximum absolute atomic E-state index is 13.4. The normalized spacial score (nSPS) is 16.9. The van der Waals surface area contributed by atoms with E-state index in [0.717, 1.165) is 17.1 Å². The Bertz CT molecular complexity index is 1460. The molecule has 0 aromatic carbocycles. The maximum Gasteiger partial charge on any atom is 0.280 e. The number of hydrogen-bond donors (Lipinski definition) is 3. The minimum atomic E-state index is -0.855. The number of alkyl halides is 1. The van der Waals surface area contributed by atoms with Crippen LogP contribution in [0.4, 0.5) is 21.7 Å². The van der Waals surface area contributed by atoms with Gasteiger partial charge in [-0.1, -0.05) is 18.2 Å². The van der Waals surface area contributed by atoms with E-state index in [1.165, 1.54) is 16.8 Å². The molecule has 0 bridgehead atoms. The molecule has 34 heavy (non-hydrogen) atoms. The maximum atomic E-state index is 13.4. The molecule has 0 aliphatic heterocycles. The van der Waals surface area contributed by atoms with Gasteiger partial charge in [0.2, 0.25) is 0 Å². The van der Waals surface area contributed by atoms with Crippen molar-refractivity contribution < 1.29 is 4.39 Å². The highest BCUT2D eigenvalue weighted by Crippen LogP contribution is 2.30. The summed E-state index contributed by atoms with van der Waals surface area (Å²) in [4.78, 5) is 17.9. The van der Waals surface area contributed by atoms with Crippen molar-refractivity contribution in [3.05, 3.63) is 75.9 Å². The molecule has 3 N–H and O–H groups in total. The first-order valence-corrected chi connectivity index (χ1v) is 11.0. The molecule has 4 aromatic heterocycles. The smallest absolute Gasteiger partial charge is 0.280 e. The number of nitrogens with one attached hydrogen (secondary N) is 3. The van der Waals surface area contributed by atoms with E-state index < -0.39 is 6.17 Å². The number of fused-ring (bicyclic) bond motifs is 1.